The van der Waals surface area contributed by atoms with Crippen molar-refractivity contribution in [3.8, 4) is 33.1 Å². The number of H-pyrrole nitrogens is 2. The lowest BCUT2D eigenvalue weighted by molar-refractivity contribution is 0.102. The van der Waals surface area contributed by atoms with E-state index in [1.165, 1.54) is 16.9 Å². The lowest BCUT2D eigenvalue weighted by atomic mass is 10.0. The second-order valence-electron chi connectivity index (χ2n) is 8.05. The minimum Gasteiger partial charge on any atom is -0.353 e. The highest BCUT2D eigenvalue weighted by Gasteiger charge is 2.16. The fourth-order valence-electron chi connectivity index (χ4n) is 4.19. The van der Waals surface area contributed by atoms with E-state index >= 15 is 0 Å². The Hall–Kier alpha value is -4.10. The largest absolute Gasteiger partial charge is 0.353 e. The van der Waals surface area contributed by atoms with Gasteiger partial charge in [-0.3, -0.25) is 19.9 Å². The Labute approximate surface area is 193 Å². The first-order chi connectivity index (χ1) is 16.1. The van der Waals surface area contributed by atoms with Crippen LogP contribution in [-0.2, 0) is 0 Å². The van der Waals surface area contributed by atoms with Gasteiger partial charge in [0, 0.05) is 40.4 Å². The van der Waals surface area contributed by atoms with Crippen molar-refractivity contribution in [2.75, 3.05) is 0 Å². The number of aromatic nitrogens is 5. The first-order valence-electron chi connectivity index (χ1n) is 10.6. The number of hydrogen-bond acceptors (Lipinski definition) is 5. The van der Waals surface area contributed by atoms with Gasteiger partial charge in [-0.15, -0.1) is 11.3 Å². The molecule has 6 aromatic rings. The number of ketones is 1. The monoisotopic (exact) mass is 449 g/mol. The van der Waals surface area contributed by atoms with Crippen molar-refractivity contribution in [1.82, 2.24) is 25.1 Å². The van der Waals surface area contributed by atoms with Gasteiger partial charge in [-0.1, -0.05) is 6.07 Å². The van der Waals surface area contributed by atoms with Gasteiger partial charge in [0.1, 0.15) is 5.69 Å². The first-order valence-corrected chi connectivity index (χ1v) is 11.4. The molecule has 0 aliphatic rings. The summed E-state index contributed by atoms with van der Waals surface area (Å²) in [4.78, 5) is 25.9. The molecule has 160 valence electrons. The third-order valence-electron chi connectivity index (χ3n) is 5.90. The van der Waals surface area contributed by atoms with E-state index in [1.807, 2.05) is 36.7 Å². The topological polar surface area (TPSA) is 87.3 Å². The van der Waals surface area contributed by atoms with E-state index in [1.54, 1.807) is 13.1 Å². The Morgan fingerprint density at radius 1 is 0.939 bits per heavy atom. The molecule has 0 amide bonds. The Morgan fingerprint density at radius 3 is 2.64 bits per heavy atom. The number of aromatic amines is 2. The van der Waals surface area contributed by atoms with Gasteiger partial charge >= 0.3 is 0 Å². The quantitative estimate of drug-likeness (QED) is 0.305. The molecule has 0 unspecified atom stereocenters. The summed E-state index contributed by atoms with van der Waals surface area (Å²) >= 11 is 1.47. The van der Waals surface area contributed by atoms with Gasteiger partial charge in [0.05, 0.1) is 26.7 Å². The SMILES string of the molecule is CC(=O)c1ccc(-c2nccc3[nH]c(-c4n[nH]c5ccc(-c6cnccc6C)cc45)cc23)s1. The average Bonchev–Trinajstić information content (AvgIpc) is 3.56. The molecule has 0 saturated carbocycles. The summed E-state index contributed by atoms with van der Waals surface area (Å²) in [6.07, 6.45) is 5.49. The summed E-state index contributed by atoms with van der Waals surface area (Å²) in [5.74, 6) is 0.0656. The molecule has 0 atom stereocenters. The van der Waals surface area contributed by atoms with Crippen LogP contribution in [0.1, 0.15) is 22.2 Å². The number of rotatable bonds is 4. The van der Waals surface area contributed by atoms with E-state index in [9.17, 15) is 4.79 Å². The van der Waals surface area contributed by atoms with Gasteiger partial charge in [-0.2, -0.15) is 5.10 Å². The van der Waals surface area contributed by atoms with Crippen LogP contribution in [-0.4, -0.2) is 30.9 Å². The van der Waals surface area contributed by atoms with Gasteiger partial charge in [0.15, 0.2) is 5.78 Å². The standard InChI is InChI=1S/C26H19N5OS/c1-14-7-9-27-13-19(14)16-3-4-21-17(11-16)25(31-30-21)22-12-18-20(29-22)8-10-28-26(18)24-6-5-23(33-24)15(2)32/h3-13,29H,1-2H3,(H,30,31). The Kier molecular flexibility index (Phi) is 4.45. The molecule has 0 aliphatic carbocycles. The summed E-state index contributed by atoms with van der Waals surface area (Å²) in [7, 11) is 0. The molecular formula is C26H19N5OS. The number of hydrogen-bond donors (Lipinski definition) is 2. The fourth-order valence-corrected chi connectivity index (χ4v) is 5.10. The highest BCUT2D eigenvalue weighted by Crippen LogP contribution is 2.36. The van der Waals surface area contributed by atoms with Crippen molar-refractivity contribution in [1.29, 1.82) is 0 Å². The van der Waals surface area contributed by atoms with E-state index in [-0.39, 0.29) is 5.78 Å². The summed E-state index contributed by atoms with van der Waals surface area (Å²) in [6, 6.07) is 16.2. The predicted octanol–water partition coefficient (Wildman–Crippen LogP) is 6.41. The number of nitrogens with zero attached hydrogens (tertiary/aromatic N) is 3. The molecule has 5 aromatic heterocycles. The third-order valence-corrected chi connectivity index (χ3v) is 7.10. The fraction of sp³-hybridized carbons (Fsp3) is 0.0769. The lowest BCUT2D eigenvalue weighted by Gasteiger charge is -2.05. The van der Waals surface area contributed by atoms with Crippen LogP contribution in [0.3, 0.4) is 0 Å². The zero-order valence-corrected chi connectivity index (χ0v) is 18.8. The molecule has 7 heteroatoms. The molecule has 6 nitrogen and oxygen atoms in total. The van der Waals surface area contributed by atoms with Crippen molar-refractivity contribution < 1.29 is 4.79 Å². The summed E-state index contributed by atoms with van der Waals surface area (Å²) in [6.45, 7) is 3.67. The van der Waals surface area contributed by atoms with Crippen LogP contribution in [0, 0.1) is 6.92 Å². The zero-order chi connectivity index (χ0) is 22.5. The molecule has 2 N–H and O–H groups in total. The summed E-state index contributed by atoms with van der Waals surface area (Å²) in [5, 5.41) is 9.80. The van der Waals surface area contributed by atoms with Crippen molar-refractivity contribution in [3.63, 3.8) is 0 Å². The number of thiophene rings is 1. The van der Waals surface area contributed by atoms with Gasteiger partial charge in [0.2, 0.25) is 0 Å². The third kappa shape index (κ3) is 3.25. The van der Waals surface area contributed by atoms with E-state index in [0.29, 0.717) is 0 Å². The number of nitrogens with one attached hydrogen (secondary N) is 2. The Bertz CT molecular complexity index is 1670. The van der Waals surface area contributed by atoms with Crippen LogP contribution in [0.15, 0.2) is 67.1 Å². The van der Waals surface area contributed by atoms with E-state index in [2.05, 4.69) is 56.3 Å². The van der Waals surface area contributed by atoms with Crippen LogP contribution in [0.4, 0.5) is 0 Å². The Balaban J connectivity index is 1.49. The molecule has 5 heterocycles. The minimum absolute atomic E-state index is 0.0656. The number of Topliss-reactive ketones (excluding diaryl/α,β-unsaturated/α-hetero) is 1. The molecule has 0 fully saturated rings. The molecule has 0 bridgehead atoms. The smallest absolute Gasteiger partial charge is 0.169 e. The number of fused-ring (bicyclic) bond motifs is 2. The average molecular weight is 450 g/mol. The normalized spacial score (nSPS) is 11.5. The maximum absolute atomic E-state index is 11.8. The molecule has 0 radical (unpaired) electrons. The van der Waals surface area contributed by atoms with Gasteiger partial charge in [-0.05, 0) is 67.4 Å². The molecule has 6 rings (SSSR count). The number of carbonyl (C=O) groups excluding carboxylic acids is 1. The highest BCUT2D eigenvalue weighted by molar-refractivity contribution is 7.17. The van der Waals surface area contributed by atoms with E-state index < -0.39 is 0 Å². The summed E-state index contributed by atoms with van der Waals surface area (Å²) in [5.41, 5.74) is 7.95. The van der Waals surface area contributed by atoms with Crippen LogP contribution >= 0.6 is 11.3 Å². The van der Waals surface area contributed by atoms with Crippen LogP contribution in [0.2, 0.25) is 0 Å². The molecule has 0 aliphatic heterocycles. The molecular weight excluding hydrogens is 430 g/mol. The van der Waals surface area contributed by atoms with Crippen LogP contribution in [0.25, 0.3) is 54.9 Å². The molecule has 0 saturated heterocycles. The lowest BCUT2D eigenvalue weighted by Crippen LogP contribution is -1.85. The molecule has 1 aromatic carbocycles. The van der Waals surface area contributed by atoms with E-state index in [4.69, 9.17) is 0 Å². The number of pyridine rings is 2. The number of carbonyl (C=O) groups is 1. The van der Waals surface area contributed by atoms with Crippen LogP contribution in [0.5, 0.6) is 0 Å². The van der Waals surface area contributed by atoms with Crippen molar-refractivity contribution in [2.45, 2.75) is 13.8 Å². The first kappa shape index (κ1) is 19.6. The van der Waals surface area contributed by atoms with E-state index in [0.717, 1.165) is 59.8 Å². The molecule has 33 heavy (non-hydrogen) atoms. The minimum atomic E-state index is 0.0656. The number of benzene rings is 1. The Morgan fingerprint density at radius 2 is 1.82 bits per heavy atom. The van der Waals surface area contributed by atoms with Gasteiger partial charge < -0.3 is 4.98 Å². The zero-order valence-electron chi connectivity index (χ0n) is 18.0. The second-order valence-corrected chi connectivity index (χ2v) is 9.13. The maximum Gasteiger partial charge on any atom is 0.169 e. The molecule has 0 spiro atoms. The van der Waals surface area contributed by atoms with Gasteiger partial charge in [-0.25, -0.2) is 0 Å². The maximum atomic E-state index is 11.8. The number of aryl methyl sites for hydroxylation is 1. The van der Waals surface area contributed by atoms with Crippen LogP contribution < -0.4 is 0 Å². The summed E-state index contributed by atoms with van der Waals surface area (Å²) < 4.78 is 0. The van der Waals surface area contributed by atoms with Crippen molar-refractivity contribution in [2.24, 2.45) is 0 Å². The predicted molar refractivity (Wildman–Crippen MR) is 132 cm³/mol. The van der Waals surface area contributed by atoms with Crippen molar-refractivity contribution >= 4 is 38.9 Å². The second kappa shape index (κ2) is 7.50. The van der Waals surface area contributed by atoms with Crippen molar-refractivity contribution in [3.05, 3.63) is 77.6 Å². The van der Waals surface area contributed by atoms with Gasteiger partial charge in [0.25, 0.3) is 0 Å². The highest BCUT2D eigenvalue weighted by atomic mass is 32.1.